The Kier molecular flexibility index (Phi) is 1.34. The standard InChI is InChI=1S/C10H7N2S/c1-2-5-12-9(3-1)10-8(7-11-12)4-6-13-10/h1-7H/q+1. The highest BCUT2D eigenvalue weighted by atomic mass is 32.1. The van der Waals surface area contributed by atoms with Crippen LogP contribution in [0.3, 0.4) is 0 Å². The average Bonchev–Trinajstić information content (AvgIpc) is 2.65. The van der Waals surface area contributed by atoms with Crippen LogP contribution in [0, 0.1) is 0 Å². The highest BCUT2D eigenvalue weighted by Gasteiger charge is 2.08. The van der Waals surface area contributed by atoms with Crippen LogP contribution in [-0.2, 0) is 0 Å². The third kappa shape index (κ3) is 0.939. The van der Waals surface area contributed by atoms with Crippen molar-refractivity contribution in [3.05, 3.63) is 42.0 Å². The minimum atomic E-state index is 1.18. The molecule has 0 saturated heterocycles. The summed E-state index contributed by atoms with van der Waals surface area (Å²) in [6, 6.07) is 8.21. The SMILES string of the molecule is c1cc[n+]2ncc3ccsc3c2c1. The Bertz CT molecular complexity index is 571. The summed E-state index contributed by atoms with van der Waals surface area (Å²) in [5.41, 5.74) is 1.18. The van der Waals surface area contributed by atoms with Gasteiger partial charge < -0.3 is 0 Å². The Labute approximate surface area is 79.1 Å². The lowest BCUT2D eigenvalue weighted by atomic mass is 10.3. The van der Waals surface area contributed by atoms with Gasteiger partial charge in [0.25, 0.3) is 5.52 Å². The van der Waals surface area contributed by atoms with Gasteiger partial charge in [0.15, 0.2) is 0 Å². The van der Waals surface area contributed by atoms with E-state index in [1.54, 1.807) is 11.3 Å². The molecule has 0 N–H and O–H groups in total. The van der Waals surface area contributed by atoms with E-state index < -0.39 is 0 Å². The fraction of sp³-hybridized carbons (Fsp3) is 0. The first-order valence-electron chi connectivity index (χ1n) is 4.08. The summed E-state index contributed by atoms with van der Waals surface area (Å²) in [7, 11) is 0. The highest BCUT2D eigenvalue weighted by molar-refractivity contribution is 7.18. The van der Waals surface area contributed by atoms with E-state index in [1.165, 1.54) is 15.6 Å². The molecular weight excluding hydrogens is 180 g/mol. The molecule has 0 radical (unpaired) electrons. The van der Waals surface area contributed by atoms with Gasteiger partial charge in [0.05, 0.1) is 0 Å². The molecule has 0 bridgehead atoms. The lowest BCUT2D eigenvalue weighted by molar-refractivity contribution is -0.579. The second-order valence-corrected chi connectivity index (χ2v) is 3.80. The molecule has 0 aliphatic carbocycles. The molecule has 0 saturated carbocycles. The largest absolute Gasteiger partial charge is 0.255 e. The first-order valence-corrected chi connectivity index (χ1v) is 4.96. The number of pyridine rings is 1. The minimum Gasteiger partial charge on any atom is -0.137 e. The molecule has 13 heavy (non-hydrogen) atoms. The molecule has 3 heteroatoms. The van der Waals surface area contributed by atoms with Crippen molar-refractivity contribution < 1.29 is 4.52 Å². The molecule has 0 atom stereocenters. The number of nitrogens with zero attached hydrogens (tertiary/aromatic N) is 2. The second-order valence-electron chi connectivity index (χ2n) is 2.88. The summed E-state index contributed by atoms with van der Waals surface area (Å²) in [5.74, 6) is 0. The van der Waals surface area contributed by atoms with Gasteiger partial charge in [-0.15, -0.1) is 11.3 Å². The van der Waals surface area contributed by atoms with Crippen LogP contribution in [0.2, 0.25) is 0 Å². The number of rotatable bonds is 0. The molecule has 0 spiro atoms. The van der Waals surface area contributed by atoms with Crippen molar-refractivity contribution in [2.45, 2.75) is 0 Å². The normalized spacial score (nSPS) is 11.1. The Hall–Kier alpha value is -1.48. The Morgan fingerprint density at radius 3 is 3.23 bits per heavy atom. The molecular formula is C10H7N2S+. The van der Waals surface area contributed by atoms with Gasteiger partial charge in [0.2, 0.25) is 6.20 Å². The molecule has 3 aromatic rings. The van der Waals surface area contributed by atoms with E-state index in [2.05, 4.69) is 22.6 Å². The van der Waals surface area contributed by atoms with Gasteiger partial charge in [-0.2, -0.15) is 0 Å². The van der Waals surface area contributed by atoms with Crippen molar-refractivity contribution in [3.8, 4) is 0 Å². The van der Waals surface area contributed by atoms with Crippen LogP contribution in [0.1, 0.15) is 0 Å². The van der Waals surface area contributed by atoms with Crippen LogP contribution >= 0.6 is 11.3 Å². The second kappa shape index (κ2) is 2.50. The fourth-order valence-electron chi connectivity index (χ4n) is 1.47. The molecule has 0 amide bonds. The zero-order chi connectivity index (χ0) is 8.67. The van der Waals surface area contributed by atoms with Crippen molar-refractivity contribution in [2.24, 2.45) is 0 Å². The van der Waals surface area contributed by atoms with Crippen molar-refractivity contribution in [1.82, 2.24) is 5.10 Å². The molecule has 0 aliphatic heterocycles. The lowest BCUT2D eigenvalue weighted by Crippen LogP contribution is -2.24. The van der Waals surface area contributed by atoms with Gasteiger partial charge in [-0.1, -0.05) is 4.52 Å². The van der Waals surface area contributed by atoms with E-state index in [9.17, 15) is 0 Å². The Balaban J connectivity index is 2.65. The minimum absolute atomic E-state index is 1.18. The quantitative estimate of drug-likeness (QED) is 0.492. The topological polar surface area (TPSA) is 17.0 Å². The number of aromatic nitrogens is 2. The third-order valence-corrected chi connectivity index (χ3v) is 3.04. The van der Waals surface area contributed by atoms with Crippen LogP contribution in [-0.4, -0.2) is 5.10 Å². The van der Waals surface area contributed by atoms with E-state index in [0.29, 0.717) is 0 Å². The van der Waals surface area contributed by atoms with Crippen LogP contribution in [0.25, 0.3) is 15.6 Å². The monoisotopic (exact) mass is 187 g/mol. The Morgan fingerprint density at radius 2 is 2.23 bits per heavy atom. The summed E-state index contributed by atoms with van der Waals surface area (Å²) in [6.45, 7) is 0. The van der Waals surface area contributed by atoms with E-state index in [-0.39, 0.29) is 0 Å². The van der Waals surface area contributed by atoms with Gasteiger partial charge in [-0.25, -0.2) is 0 Å². The molecule has 62 valence electrons. The van der Waals surface area contributed by atoms with E-state index in [1.807, 2.05) is 29.0 Å². The van der Waals surface area contributed by atoms with Crippen LogP contribution in [0.15, 0.2) is 42.0 Å². The maximum Gasteiger partial charge on any atom is 0.255 e. The molecule has 3 heterocycles. The van der Waals surface area contributed by atoms with E-state index >= 15 is 0 Å². The Morgan fingerprint density at radius 1 is 1.23 bits per heavy atom. The predicted octanol–water partition coefficient (Wildman–Crippen LogP) is 2.03. The highest BCUT2D eigenvalue weighted by Crippen LogP contribution is 2.21. The number of fused-ring (bicyclic) bond motifs is 3. The smallest absolute Gasteiger partial charge is 0.137 e. The predicted molar refractivity (Wildman–Crippen MR) is 52.8 cm³/mol. The summed E-state index contributed by atoms with van der Waals surface area (Å²) in [4.78, 5) is 0. The van der Waals surface area contributed by atoms with E-state index in [4.69, 9.17) is 0 Å². The molecule has 3 aromatic heterocycles. The maximum atomic E-state index is 4.30. The molecule has 0 aromatic carbocycles. The van der Waals surface area contributed by atoms with Crippen LogP contribution < -0.4 is 4.52 Å². The van der Waals surface area contributed by atoms with Crippen molar-refractivity contribution >= 4 is 26.9 Å². The zero-order valence-electron chi connectivity index (χ0n) is 6.84. The number of thiophene rings is 1. The van der Waals surface area contributed by atoms with Crippen molar-refractivity contribution in [1.29, 1.82) is 0 Å². The van der Waals surface area contributed by atoms with Gasteiger partial charge in [0.1, 0.15) is 10.9 Å². The fourth-order valence-corrected chi connectivity index (χ4v) is 2.36. The first kappa shape index (κ1) is 6.97. The maximum absolute atomic E-state index is 4.30. The number of hydrogen-bond acceptors (Lipinski definition) is 2. The molecule has 3 rings (SSSR count). The molecule has 0 unspecified atom stereocenters. The van der Waals surface area contributed by atoms with Gasteiger partial charge in [-0.05, 0) is 22.6 Å². The van der Waals surface area contributed by atoms with Crippen LogP contribution in [0.4, 0.5) is 0 Å². The summed E-state index contributed by atoms with van der Waals surface area (Å²) >= 11 is 1.76. The number of hydrogen-bond donors (Lipinski definition) is 0. The average molecular weight is 187 g/mol. The molecule has 2 nitrogen and oxygen atoms in total. The first-order chi connectivity index (χ1) is 6.45. The summed E-state index contributed by atoms with van der Waals surface area (Å²) < 4.78 is 3.20. The van der Waals surface area contributed by atoms with Crippen LogP contribution in [0.5, 0.6) is 0 Å². The zero-order valence-corrected chi connectivity index (χ0v) is 7.66. The lowest BCUT2D eigenvalue weighted by Gasteiger charge is -1.88. The third-order valence-electron chi connectivity index (χ3n) is 2.09. The van der Waals surface area contributed by atoms with Crippen molar-refractivity contribution in [2.75, 3.05) is 0 Å². The van der Waals surface area contributed by atoms with Crippen molar-refractivity contribution in [3.63, 3.8) is 0 Å². The van der Waals surface area contributed by atoms with Gasteiger partial charge >= 0.3 is 0 Å². The molecule has 0 fully saturated rings. The molecule has 0 aliphatic rings. The van der Waals surface area contributed by atoms with Gasteiger partial charge in [0, 0.05) is 17.5 Å². The summed E-state index contributed by atoms with van der Waals surface area (Å²) in [5, 5.41) is 7.62. The van der Waals surface area contributed by atoms with Gasteiger partial charge in [-0.3, -0.25) is 0 Å². The van der Waals surface area contributed by atoms with E-state index in [0.717, 1.165) is 0 Å². The summed E-state index contributed by atoms with van der Waals surface area (Å²) in [6.07, 6.45) is 3.87.